The van der Waals surface area contributed by atoms with Crippen molar-refractivity contribution < 1.29 is 0 Å². The molecule has 58 heavy (non-hydrogen) atoms. The quantitative estimate of drug-likeness (QED) is 0.163. The monoisotopic (exact) mass is 737 g/mol. The summed E-state index contributed by atoms with van der Waals surface area (Å²) in [7, 11) is 0. The molecule has 0 atom stereocenters. The second-order valence-corrected chi connectivity index (χ2v) is 15.3. The molecule has 0 saturated heterocycles. The first-order valence-corrected chi connectivity index (χ1v) is 20.1. The maximum atomic E-state index is 2.49. The summed E-state index contributed by atoms with van der Waals surface area (Å²) < 4.78 is 2.49. The van der Waals surface area contributed by atoms with Crippen molar-refractivity contribution in [3.63, 3.8) is 0 Å². The Bertz CT molecular complexity index is 2970. The van der Waals surface area contributed by atoms with Crippen molar-refractivity contribution in [3.8, 4) is 27.9 Å². The molecule has 0 bridgehead atoms. The van der Waals surface area contributed by atoms with Gasteiger partial charge in [-0.3, -0.25) is 0 Å². The molecule has 270 valence electrons. The van der Waals surface area contributed by atoms with Gasteiger partial charge in [-0.2, -0.15) is 0 Å². The van der Waals surface area contributed by atoms with Gasteiger partial charge in [0.1, 0.15) is 0 Å². The second kappa shape index (κ2) is 13.0. The highest BCUT2D eigenvalue weighted by Crippen LogP contribution is 2.46. The van der Waals surface area contributed by atoms with E-state index < -0.39 is 0 Å². The number of hydrogen-bond donors (Lipinski definition) is 0. The molecule has 2 aliphatic heterocycles. The minimum absolute atomic E-state index is 0.0615. The fraction of sp³-hybridized carbons (Fsp3) is 0. The average Bonchev–Trinajstić information content (AvgIpc) is 3.63. The third-order valence-corrected chi connectivity index (χ3v) is 12.1. The molecule has 1 aromatic heterocycles. The van der Waals surface area contributed by atoms with Crippen molar-refractivity contribution in [2.24, 2.45) is 0 Å². The van der Waals surface area contributed by atoms with E-state index in [1.807, 2.05) is 0 Å². The third kappa shape index (κ3) is 4.95. The molecular weight excluding hydrogens is 701 g/mol. The van der Waals surface area contributed by atoms with Crippen molar-refractivity contribution in [1.29, 1.82) is 0 Å². The number of hydrogen-bond acceptors (Lipinski definition) is 2. The Morgan fingerprint density at radius 2 is 0.690 bits per heavy atom. The molecule has 3 heterocycles. The van der Waals surface area contributed by atoms with E-state index in [4.69, 9.17) is 0 Å². The first-order valence-electron chi connectivity index (χ1n) is 20.1. The Balaban J connectivity index is 1.20. The van der Waals surface area contributed by atoms with Gasteiger partial charge in [0.15, 0.2) is 0 Å². The first-order chi connectivity index (χ1) is 28.8. The summed E-state index contributed by atoms with van der Waals surface area (Å²) in [6.45, 7) is 0.0615. The maximum Gasteiger partial charge on any atom is 0.252 e. The molecule has 3 nitrogen and oxygen atoms in total. The number of benzene rings is 9. The summed E-state index contributed by atoms with van der Waals surface area (Å²) in [5, 5.41) is 2.46. The molecule has 0 saturated carbocycles. The largest absolute Gasteiger partial charge is 0.311 e. The van der Waals surface area contributed by atoms with Gasteiger partial charge in [0, 0.05) is 44.9 Å². The minimum atomic E-state index is 0.0615. The second-order valence-electron chi connectivity index (χ2n) is 15.3. The number of nitrogens with zero attached hydrogens (tertiary/aromatic N) is 3. The van der Waals surface area contributed by atoms with Crippen LogP contribution in [0.3, 0.4) is 0 Å². The van der Waals surface area contributed by atoms with E-state index in [9.17, 15) is 0 Å². The summed E-state index contributed by atoms with van der Waals surface area (Å²) >= 11 is 0. The van der Waals surface area contributed by atoms with Gasteiger partial charge in [0.2, 0.25) is 0 Å². The number of fused-ring (bicyclic) bond motifs is 7. The fourth-order valence-electron chi connectivity index (χ4n) is 9.64. The van der Waals surface area contributed by atoms with Gasteiger partial charge >= 0.3 is 0 Å². The predicted octanol–water partition coefficient (Wildman–Crippen LogP) is 12.2. The SMILES string of the molecule is c1ccc(-c2ccc3c(c2)c2cc(-c4ccccc4)ccc2n3-c2cc3c4c(c2)N(c2ccccc2)c2ccccc2B4c2ccccc2N3c2ccccc2)cc1. The van der Waals surface area contributed by atoms with Crippen LogP contribution in [0.5, 0.6) is 0 Å². The van der Waals surface area contributed by atoms with Crippen LogP contribution in [0.1, 0.15) is 0 Å². The molecule has 0 fully saturated rings. The van der Waals surface area contributed by atoms with E-state index in [0.29, 0.717) is 0 Å². The van der Waals surface area contributed by atoms with Gasteiger partial charge in [0.25, 0.3) is 6.71 Å². The van der Waals surface area contributed by atoms with Gasteiger partial charge in [-0.05, 0) is 111 Å². The van der Waals surface area contributed by atoms with Crippen LogP contribution < -0.4 is 26.2 Å². The highest BCUT2D eigenvalue weighted by Gasteiger charge is 2.43. The molecular formula is C54H36BN3. The standard InChI is InChI=1S/C54H36BN3/c1-5-17-37(18-6-1)39-29-31-48-44(33-39)45-34-40(38-19-7-2-8-20-38)30-32-49(45)58(48)43-35-52-54-53(36-43)57(42-23-11-4-12-24-42)51-28-16-14-26-47(51)55(54)46-25-13-15-27-50(46)56(52)41-21-9-3-10-22-41/h1-36H. The number of para-hydroxylation sites is 4. The Morgan fingerprint density at radius 3 is 1.14 bits per heavy atom. The molecule has 9 aromatic carbocycles. The maximum absolute atomic E-state index is 2.49. The normalized spacial score (nSPS) is 12.7. The van der Waals surface area contributed by atoms with Crippen molar-refractivity contribution in [3.05, 3.63) is 218 Å². The molecule has 0 aliphatic carbocycles. The van der Waals surface area contributed by atoms with E-state index in [2.05, 4.69) is 233 Å². The topological polar surface area (TPSA) is 11.4 Å². The molecule has 0 spiro atoms. The zero-order chi connectivity index (χ0) is 38.2. The summed E-state index contributed by atoms with van der Waals surface area (Å²) in [6.07, 6.45) is 0. The van der Waals surface area contributed by atoms with E-state index in [-0.39, 0.29) is 6.71 Å². The van der Waals surface area contributed by atoms with Gasteiger partial charge in [-0.15, -0.1) is 0 Å². The van der Waals surface area contributed by atoms with E-state index >= 15 is 0 Å². The Hall–Kier alpha value is -7.56. The van der Waals surface area contributed by atoms with Crippen LogP contribution in [0.4, 0.5) is 34.1 Å². The zero-order valence-corrected chi connectivity index (χ0v) is 31.7. The van der Waals surface area contributed by atoms with Gasteiger partial charge in [-0.1, -0.05) is 146 Å². The van der Waals surface area contributed by atoms with Crippen molar-refractivity contribution in [2.75, 3.05) is 9.80 Å². The third-order valence-electron chi connectivity index (χ3n) is 12.1. The zero-order valence-electron chi connectivity index (χ0n) is 31.7. The molecule has 0 amide bonds. The van der Waals surface area contributed by atoms with Crippen LogP contribution in [0.2, 0.25) is 0 Å². The van der Waals surface area contributed by atoms with E-state index in [1.165, 1.54) is 83.2 Å². The van der Waals surface area contributed by atoms with Crippen LogP contribution >= 0.6 is 0 Å². The van der Waals surface area contributed by atoms with Crippen LogP contribution in [0, 0.1) is 0 Å². The molecule has 0 unspecified atom stereocenters. The van der Waals surface area contributed by atoms with Crippen molar-refractivity contribution >= 4 is 79.0 Å². The van der Waals surface area contributed by atoms with Crippen LogP contribution in [-0.2, 0) is 0 Å². The van der Waals surface area contributed by atoms with Crippen molar-refractivity contribution in [2.45, 2.75) is 0 Å². The summed E-state index contributed by atoms with van der Waals surface area (Å²) in [6, 6.07) is 80.0. The highest BCUT2D eigenvalue weighted by molar-refractivity contribution is 7.00. The molecule has 2 aliphatic rings. The summed E-state index contributed by atoms with van der Waals surface area (Å²) in [5.41, 5.74) is 19.3. The Morgan fingerprint density at radius 1 is 0.293 bits per heavy atom. The predicted molar refractivity (Wildman–Crippen MR) is 246 cm³/mol. The Kier molecular flexibility index (Phi) is 7.33. The number of rotatable bonds is 5. The number of aromatic nitrogens is 1. The van der Waals surface area contributed by atoms with Crippen LogP contribution in [0.15, 0.2) is 218 Å². The van der Waals surface area contributed by atoms with E-state index in [0.717, 1.165) is 17.1 Å². The smallest absolute Gasteiger partial charge is 0.252 e. The van der Waals surface area contributed by atoms with E-state index in [1.54, 1.807) is 0 Å². The van der Waals surface area contributed by atoms with Gasteiger partial charge < -0.3 is 14.4 Å². The summed E-state index contributed by atoms with van der Waals surface area (Å²) in [5.74, 6) is 0. The highest BCUT2D eigenvalue weighted by atomic mass is 15.2. The Labute approximate surface area is 338 Å². The number of anilines is 6. The van der Waals surface area contributed by atoms with Crippen molar-refractivity contribution in [1.82, 2.24) is 4.57 Å². The lowest BCUT2D eigenvalue weighted by Crippen LogP contribution is -2.61. The van der Waals surface area contributed by atoms with Gasteiger partial charge in [-0.25, -0.2) is 0 Å². The molecule has 0 N–H and O–H groups in total. The minimum Gasteiger partial charge on any atom is -0.311 e. The lowest BCUT2D eigenvalue weighted by atomic mass is 9.33. The fourth-order valence-corrected chi connectivity index (χ4v) is 9.64. The van der Waals surface area contributed by atoms with Crippen LogP contribution in [0.25, 0.3) is 49.7 Å². The lowest BCUT2D eigenvalue weighted by molar-refractivity contribution is 1.16. The van der Waals surface area contributed by atoms with Crippen LogP contribution in [-0.4, -0.2) is 11.3 Å². The molecule has 4 heteroatoms. The molecule has 10 aromatic rings. The first kappa shape index (κ1) is 32.7. The lowest BCUT2D eigenvalue weighted by Gasteiger charge is -2.44. The molecule has 0 radical (unpaired) electrons. The summed E-state index contributed by atoms with van der Waals surface area (Å²) in [4.78, 5) is 4.97. The average molecular weight is 738 g/mol. The molecule has 12 rings (SSSR count). The van der Waals surface area contributed by atoms with Gasteiger partial charge in [0.05, 0.1) is 16.7 Å².